The number of hydrogen-bond acceptors (Lipinski definition) is 4. The van der Waals surface area contributed by atoms with Crippen LogP contribution >= 0.6 is 0 Å². The van der Waals surface area contributed by atoms with Crippen LogP contribution in [-0.2, 0) is 16.0 Å². The Morgan fingerprint density at radius 1 is 1.62 bits per heavy atom. The SMILES string of the molecule is COCC(CO)NC(=O)Cc1ccccn1. The Bertz CT molecular complexity index is 316. The molecule has 0 saturated heterocycles. The second-order valence-corrected chi connectivity index (χ2v) is 3.40. The van der Waals surface area contributed by atoms with Gasteiger partial charge in [0.2, 0.25) is 5.91 Å². The lowest BCUT2D eigenvalue weighted by Gasteiger charge is -2.14. The van der Waals surface area contributed by atoms with Crippen LogP contribution in [0.25, 0.3) is 0 Å². The Labute approximate surface area is 94.5 Å². The molecule has 0 aliphatic carbocycles. The molecule has 1 aromatic heterocycles. The molecule has 0 radical (unpaired) electrons. The summed E-state index contributed by atoms with van der Waals surface area (Å²) < 4.78 is 4.86. The third kappa shape index (κ3) is 4.37. The number of aromatic nitrogens is 1. The molecule has 1 amide bonds. The van der Waals surface area contributed by atoms with Gasteiger partial charge in [0.25, 0.3) is 0 Å². The highest BCUT2D eigenvalue weighted by molar-refractivity contribution is 5.78. The molecule has 5 heteroatoms. The van der Waals surface area contributed by atoms with Gasteiger partial charge in [0.15, 0.2) is 0 Å². The van der Waals surface area contributed by atoms with Gasteiger partial charge in [0.05, 0.1) is 25.7 Å². The summed E-state index contributed by atoms with van der Waals surface area (Å²) in [6, 6.07) is 5.04. The number of carbonyl (C=O) groups is 1. The first kappa shape index (κ1) is 12.6. The van der Waals surface area contributed by atoms with Crippen LogP contribution in [-0.4, -0.2) is 42.4 Å². The van der Waals surface area contributed by atoms with Crippen molar-refractivity contribution in [3.05, 3.63) is 30.1 Å². The van der Waals surface area contributed by atoms with Crippen molar-refractivity contribution in [1.29, 1.82) is 0 Å². The number of pyridine rings is 1. The number of amides is 1. The minimum absolute atomic E-state index is 0.137. The molecule has 0 fully saturated rings. The van der Waals surface area contributed by atoms with Crippen molar-refractivity contribution in [1.82, 2.24) is 10.3 Å². The maximum Gasteiger partial charge on any atom is 0.226 e. The van der Waals surface area contributed by atoms with Crippen LogP contribution in [0.1, 0.15) is 5.69 Å². The molecule has 1 heterocycles. The van der Waals surface area contributed by atoms with Crippen LogP contribution in [0.15, 0.2) is 24.4 Å². The van der Waals surface area contributed by atoms with E-state index in [1.165, 1.54) is 7.11 Å². The summed E-state index contributed by atoms with van der Waals surface area (Å²) in [5.41, 5.74) is 0.703. The molecular weight excluding hydrogens is 208 g/mol. The highest BCUT2D eigenvalue weighted by Crippen LogP contribution is 1.95. The lowest BCUT2D eigenvalue weighted by Crippen LogP contribution is -2.41. The van der Waals surface area contributed by atoms with Gasteiger partial charge in [-0.2, -0.15) is 0 Å². The van der Waals surface area contributed by atoms with E-state index in [2.05, 4.69) is 10.3 Å². The topological polar surface area (TPSA) is 71.5 Å². The fraction of sp³-hybridized carbons (Fsp3) is 0.455. The van der Waals surface area contributed by atoms with Crippen LogP contribution in [0.2, 0.25) is 0 Å². The first-order valence-electron chi connectivity index (χ1n) is 5.05. The van der Waals surface area contributed by atoms with Crippen molar-refractivity contribution in [2.75, 3.05) is 20.3 Å². The van der Waals surface area contributed by atoms with E-state index in [-0.39, 0.29) is 25.0 Å². The zero-order valence-corrected chi connectivity index (χ0v) is 9.22. The lowest BCUT2D eigenvalue weighted by molar-refractivity contribution is -0.121. The zero-order valence-electron chi connectivity index (χ0n) is 9.22. The molecule has 5 nitrogen and oxygen atoms in total. The zero-order chi connectivity index (χ0) is 11.8. The summed E-state index contributed by atoms with van der Waals surface area (Å²) in [6.45, 7) is 0.159. The molecule has 1 rings (SSSR count). The highest BCUT2D eigenvalue weighted by Gasteiger charge is 2.11. The van der Waals surface area contributed by atoms with E-state index < -0.39 is 0 Å². The Morgan fingerprint density at radius 2 is 2.44 bits per heavy atom. The summed E-state index contributed by atoms with van der Waals surface area (Å²) >= 11 is 0. The van der Waals surface area contributed by atoms with Crippen LogP contribution in [0.4, 0.5) is 0 Å². The monoisotopic (exact) mass is 224 g/mol. The number of hydrogen-bond donors (Lipinski definition) is 2. The molecule has 2 N–H and O–H groups in total. The van der Waals surface area contributed by atoms with Gasteiger partial charge in [0.1, 0.15) is 0 Å². The number of rotatable bonds is 6. The van der Waals surface area contributed by atoms with Gasteiger partial charge in [-0.1, -0.05) is 6.07 Å². The average molecular weight is 224 g/mol. The number of aliphatic hydroxyl groups excluding tert-OH is 1. The maximum atomic E-state index is 11.5. The predicted octanol–water partition coefficient (Wildman–Crippen LogP) is -0.252. The van der Waals surface area contributed by atoms with Crippen molar-refractivity contribution in [3.8, 4) is 0 Å². The van der Waals surface area contributed by atoms with Crippen molar-refractivity contribution in [3.63, 3.8) is 0 Å². The largest absolute Gasteiger partial charge is 0.394 e. The maximum absolute atomic E-state index is 11.5. The van der Waals surface area contributed by atoms with E-state index >= 15 is 0 Å². The molecule has 1 aromatic rings. The quantitative estimate of drug-likeness (QED) is 0.699. The average Bonchev–Trinajstić information content (AvgIpc) is 2.29. The number of aliphatic hydroxyl groups is 1. The van der Waals surface area contributed by atoms with Gasteiger partial charge in [0, 0.05) is 19.0 Å². The van der Waals surface area contributed by atoms with Crippen molar-refractivity contribution >= 4 is 5.91 Å². The third-order valence-corrected chi connectivity index (χ3v) is 2.02. The van der Waals surface area contributed by atoms with Crippen LogP contribution < -0.4 is 5.32 Å². The second kappa shape index (κ2) is 6.92. The smallest absolute Gasteiger partial charge is 0.226 e. The van der Waals surface area contributed by atoms with Crippen molar-refractivity contribution in [2.45, 2.75) is 12.5 Å². The first-order valence-corrected chi connectivity index (χ1v) is 5.05. The Morgan fingerprint density at radius 3 is 3.00 bits per heavy atom. The molecule has 0 saturated carbocycles. The van der Waals surface area contributed by atoms with E-state index in [4.69, 9.17) is 9.84 Å². The third-order valence-electron chi connectivity index (χ3n) is 2.02. The number of nitrogens with one attached hydrogen (secondary N) is 1. The van der Waals surface area contributed by atoms with E-state index in [9.17, 15) is 4.79 Å². The van der Waals surface area contributed by atoms with E-state index in [0.29, 0.717) is 12.3 Å². The van der Waals surface area contributed by atoms with E-state index in [1.807, 2.05) is 6.07 Å². The van der Waals surface area contributed by atoms with E-state index in [1.54, 1.807) is 18.3 Å². The number of carbonyl (C=O) groups excluding carboxylic acids is 1. The minimum Gasteiger partial charge on any atom is -0.394 e. The van der Waals surface area contributed by atoms with Gasteiger partial charge < -0.3 is 15.2 Å². The van der Waals surface area contributed by atoms with Crippen LogP contribution in [0.3, 0.4) is 0 Å². The molecule has 0 bridgehead atoms. The predicted molar refractivity (Wildman–Crippen MR) is 58.8 cm³/mol. The van der Waals surface area contributed by atoms with Gasteiger partial charge in [-0.3, -0.25) is 9.78 Å². The number of ether oxygens (including phenoxy) is 1. The van der Waals surface area contributed by atoms with Crippen LogP contribution in [0.5, 0.6) is 0 Å². The Kier molecular flexibility index (Phi) is 5.45. The van der Waals surface area contributed by atoms with Crippen LogP contribution in [0, 0.1) is 0 Å². The molecular formula is C11H16N2O3. The molecule has 1 atom stereocenters. The molecule has 88 valence electrons. The standard InChI is InChI=1S/C11H16N2O3/c1-16-8-10(7-14)13-11(15)6-9-4-2-3-5-12-9/h2-5,10,14H,6-8H2,1H3,(H,13,15). The minimum atomic E-state index is -0.360. The highest BCUT2D eigenvalue weighted by atomic mass is 16.5. The van der Waals surface area contributed by atoms with E-state index in [0.717, 1.165) is 0 Å². The van der Waals surface area contributed by atoms with Gasteiger partial charge >= 0.3 is 0 Å². The molecule has 1 unspecified atom stereocenters. The lowest BCUT2D eigenvalue weighted by atomic mass is 10.2. The summed E-state index contributed by atoms with van der Waals surface area (Å²) in [7, 11) is 1.52. The second-order valence-electron chi connectivity index (χ2n) is 3.40. The molecule has 0 aliphatic rings. The van der Waals surface area contributed by atoms with Crippen molar-refractivity contribution in [2.24, 2.45) is 0 Å². The van der Waals surface area contributed by atoms with Gasteiger partial charge in [-0.25, -0.2) is 0 Å². The van der Waals surface area contributed by atoms with Gasteiger partial charge in [-0.15, -0.1) is 0 Å². The fourth-order valence-corrected chi connectivity index (χ4v) is 1.29. The summed E-state index contributed by atoms with van der Waals surface area (Å²) in [5.74, 6) is -0.171. The normalized spacial score (nSPS) is 12.1. The first-order chi connectivity index (χ1) is 7.76. The Hall–Kier alpha value is -1.46. The summed E-state index contributed by atoms with van der Waals surface area (Å²) in [6.07, 6.45) is 1.85. The summed E-state index contributed by atoms with van der Waals surface area (Å²) in [5, 5.41) is 11.6. The van der Waals surface area contributed by atoms with Crippen molar-refractivity contribution < 1.29 is 14.6 Å². The summed E-state index contributed by atoms with van der Waals surface area (Å²) in [4.78, 5) is 15.6. The number of methoxy groups -OCH3 is 1. The Balaban J connectivity index is 2.41. The number of nitrogens with zero attached hydrogens (tertiary/aromatic N) is 1. The molecule has 0 aliphatic heterocycles. The van der Waals surface area contributed by atoms with Gasteiger partial charge in [-0.05, 0) is 12.1 Å². The molecule has 0 aromatic carbocycles. The molecule has 0 spiro atoms. The fourth-order valence-electron chi connectivity index (χ4n) is 1.29. The molecule has 16 heavy (non-hydrogen) atoms.